The highest BCUT2D eigenvalue weighted by Gasteiger charge is 2.24. The van der Waals surface area contributed by atoms with Crippen LogP contribution in [-0.4, -0.2) is 27.3 Å². The molecule has 0 saturated carbocycles. The number of fused-ring (bicyclic) bond motifs is 1. The molecule has 0 aliphatic carbocycles. The number of methoxy groups -OCH3 is 1. The fraction of sp³-hybridized carbons (Fsp3) is 0.316. The number of rotatable bonds is 4. The van der Waals surface area contributed by atoms with Crippen LogP contribution < -0.4 is 0 Å². The van der Waals surface area contributed by atoms with E-state index in [0.717, 1.165) is 28.0 Å². The number of pyridine rings is 1. The van der Waals surface area contributed by atoms with Gasteiger partial charge in [-0.2, -0.15) is 10.4 Å². The summed E-state index contributed by atoms with van der Waals surface area (Å²) in [5.41, 5.74) is 5.03. The zero-order valence-corrected chi connectivity index (χ0v) is 14.8. The van der Waals surface area contributed by atoms with Gasteiger partial charge in [0, 0.05) is 29.2 Å². The minimum absolute atomic E-state index is 0.280. The van der Waals surface area contributed by atoms with Crippen LogP contribution >= 0.6 is 0 Å². The van der Waals surface area contributed by atoms with Gasteiger partial charge < -0.3 is 9.14 Å². The Morgan fingerprint density at radius 2 is 2.16 bits per heavy atom. The first-order valence-corrected chi connectivity index (χ1v) is 8.08. The molecule has 3 rings (SSSR count). The Balaban J connectivity index is 2.03. The van der Waals surface area contributed by atoms with Gasteiger partial charge in [0.25, 0.3) is 0 Å². The molecule has 0 aromatic carbocycles. The quantitative estimate of drug-likeness (QED) is 0.687. The summed E-state index contributed by atoms with van der Waals surface area (Å²) in [4.78, 5) is 11.9. The number of carbonyl (C=O) groups is 1. The number of esters is 1. The van der Waals surface area contributed by atoms with Crippen LogP contribution in [0.4, 0.5) is 0 Å². The van der Waals surface area contributed by atoms with Crippen LogP contribution in [0, 0.1) is 25.2 Å². The van der Waals surface area contributed by atoms with E-state index in [9.17, 15) is 10.1 Å². The average Bonchev–Trinajstić information content (AvgIpc) is 3.10. The van der Waals surface area contributed by atoms with Crippen molar-refractivity contribution >= 4 is 11.5 Å². The van der Waals surface area contributed by atoms with E-state index in [1.165, 1.54) is 7.11 Å². The lowest BCUT2D eigenvalue weighted by Gasteiger charge is -2.10. The molecule has 0 aliphatic rings. The van der Waals surface area contributed by atoms with Gasteiger partial charge in [-0.3, -0.25) is 9.48 Å². The Kier molecular flexibility index (Phi) is 4.32. The molecule has 6 nitrogen and oxygen atoms in total. The molecular weight excluding hydrogens is 316 g/mol. The van der Waals surface area contributed by atoms with E-state index in [2.05, 4.69) is 11.2 Å². The van der Waals surface area contributed by atoms with Gasteiger partial charge in [-0.05, 0) is 32.9 Å². The van der Waals surface area contributed by atoms with Gasteiger partial charge in [-0.15, -0.1) is 0 Å². The van der Waals surface area contributed by atoms with Crippen LogP contribution in [0.1, 0.15) is 40.9 Å². The number of aromatic nitrogens is 3. The highest BCUT2D eigenvalue weighted by molar-refractivity contribution is 5.78. The molecule has 0 amide bonds. The molecular formula is C19H20N4O2. The van der Waals surface area contributed by atoms with Crippen molar-refractivity contribution in [2.24, 2.45) is 0 Å². The highest BCUT2D eigenvalue weighted by atomic mass is 16.5. The zero-order valence-electron chi connectivity index (χ0n) is 14.8. The lowest BCUT2D eigenvalue weighted by molar-refractivity contribution is -0.142. The van der Waals surface area contributed by atoms with Crippen LogP contribution in [0.25, 0.3) is 5.52 Å². The maximum absolute atomic E-state index is 11.9. The molecule has 0 aliphatic heterocycles. The Morgan fingerprint density at radius 1 is 1.40 bits per heavy atom. The summed E-state index contributed by atoms with van der Waals surface area (Å²) in [6, 6.07) is 8.06. The van der Waals surface area contributed by atoms with Crippen LogP contribution in [0.15, 0.2) is 30.6 Å². The van der Waals surface area contributed by atoms with Gasteiger partial charge in [0.05, 0.1) is 36.3 Å². The SMILES string of the molecule is COC(=O)[C@@H](C)c1c(C)nn(Cc2cn3ccccc3c2C#N)c1C. The van der Waals surface area contributed by atoms with Crippen molar-refractivity contribution in [2.75, 3.05) is 7.11 Å². The molecule has 0 fully saturated rings. The second-order valence-electron chi connectivity index (χ2n) is 6.12. The molecule has 0 saturated heterocycles. The molecule has 3 aromatic heterocycles. The third-order valence-corrected chi connectivity index (χ3v) is 4.62. The molecule has 0 radical (unpaired) electrons. The minimum Gasteiger partial charge on any atom is -0.469 e. The molecule has 6 heteroatoms. The van der Waals surface area contributed by atoms with E-state index in [0.29, 0.717) is 12.1 Å². The van der Waals surface area contributed by atoms with Crippen molar-refractivity contribution in [2.45, 2.75) is 33.2 Å². The normalized spacial score (nSPS) is 12.1. The van der Waals surface area contributed by atoms with Crippen LogP contribution in [-0.2, 0) is 16.1 Å². The topological polar surface area (TPSA) is 72.3 Å². The molecule has 128 valence electrons. The second kappa shape index (κ2) is 6.44. The molecule has 1 atom stereocenters. The lowest BCUT2D eigenvalue weighted by Crippen LogP contribution is -2.13. The number of ether oxygens (including phenoxy) is 1. The third-order valence-electron chi connectivity index (χ3n) is 4.62. The smallest absolute Gasteiger partial charge is 0.312 e. The van der Waals surface area contributed by atoms with E-state index in [1.54, 1.807) is 0 Å². The maximum atomic E-state index is 11.9. The minimum atomic E-state index is -0.373. The highest BCUT2D eigenvalue weighted by Crippen LogP contribution is 2.26. The predicted octanol–water partition coefficient (Wildman–Crippen LogP) is 2.95. The van der Waals surface area contributed by atoms with E-state index >= 15 is 0 Å². The van der Waals surface area contributed by atoms with Crippen LogP contribution in [0.5, 0.6) is 0 Å². The standard InChI is InChI=1S/C19H20N4O2/c1-12(19(24)25-4)18-13(2)21-23(14(18)3)11-15-10-22-8-6-5-7-17(22)16(15)9-20/h5-8,10,12H,11H2,1-4H3/t12-/m0/s1. The summed E-state index contributed by atoms with van der Waals surface area (Å²) >= 11 is 0. The summed E-state index contributed by atoms with van der Waals surface area (Å²) in [5, 5.41) is 14.1. The Bertz CT molecular complexity index is 991. The van der Waals surface area contributed by atoms with Crippen molar-refractivity contribution in [3.8, 4) is 6.07 Å². The Morgan fingerprint density at radius 3 is 2.84 bits per heavy atom. The first-order chi connectivity index (χ1) is 12.0. The molecule has 3 aromatic rings. The zero-order chi connectivity index (χ0) is 18.1. The van der Waals surface area contributed by atoms with Crippen molar-refractivity contribution in [1.29, 1.82) is 5.26 Å². The van der Waals surface area contributed by atoms with E-state index in [-0.39, 0.29) is 11.9 Å². The van der Waals surface area contributed by atoms with Gasteiger partial charge in [-0.25, -0.2) is 0 Å². The first-order valence-electron chi connectivity index (χ1n) is 8.08. The monoisotopic (exact) mass is 336 g/mol. The fourth-order valence-corrected chi connectivity index (χ4v) is 3.37. The largest absolute Gasteiger partial charge is 0.469 e. The fourth-order valence-electron chi connectivity index (χ4n) is 3.37. The molecule has 0 spiro atoms. The molecule has 25 heavy (non-hydrogen) atoms. The summed E-state index contributed by atoms with van der Waals surface area (Å²) in [5.74, 6) is -0.652. The van der Waals surface area contributed by atoms with Gasteiger partial charge in [0.2, 0.25) is 0 Å². The second-order valence-corrected chi connectivity index (χ2v) is 6.12. The maximum Gasteiger partial charge on any atom is 0.312 e. The van der Waals surface area contributed by atoms with Crippen molar-refractivity contribution in [1.82, 2.24) is 14.2 Å². The number of carbonyl (C=O) groups excluding carboxylic acids is 1. The van der Waals surface area contributed by atoms with Crippen molar-refractivity contribution in [3.05, 3.63) is 58.7 Å². The summed E-state index contributed by atoms with van der Waals surface area (Å²) in [6.45, 7) is 6.13. The summed E-state index contributed by atoms with van der Waals surface area (Å²) in [7, 11) is 1.39. The summed E-state index contributed by atoms with van der Waals surface area (Å²) < 4.78 is 8.65. The molecule has 0 N–H and O–H groups in total. The molecule has 0 unspecified atom stereocenters. The Hall–Kier alpha value is -3.07. The van der Waals surface area contributed by atoms with Crippen LogP contribution in [0.3, 0.4) is 0 Å². The van der Waals surface area contributed by atoms with E-state index in [1.807, 2.05) is 60.4 Å². The van der Waals surface area contributed by atoms with Crippen molar-refractivity contribution in [3.63, 3.8) is 0 Å². The number of nitrogens with zero attached hydrogens (tertiary/aromatic N) is 4. The number of hydrogen-bond donors (Lipinski definition) is 0. The lowest BCUT2D eigenvalue weighted by atomic mass is 9.99. The van der Waals surface area contributed by atoms with Crippen LogP contribution in [0.2, 0.25) is 0 Å². The predicted molar refractivity (Wildman–Crippen MR) is 93.3 cm³/mol. The number of aryl methyl sites for hydroxylation is 1. The average molecular weight is 336 g/mol. The Labute approximate surface area is 146 Å². The first kappa shape index (κ1) is 16.8. The molecule has 0 bridgehead atoms. The third kappa shape index (κ3) is 2.78. The van der Waals surface area contributed by atoms with Crippen molar-refractivity contribution < 1.29 is 9.53 Å². The van der Waals surface area contributed by atoms with Gasteiger partial charge in [0.1, 0.15) is 6.07 Å². The van der Waals surface area contributed by atoms with Gasteiger partial charge in [0.15, 0.2) is 0 Å². The molecule has 3 heterocycles. The van der Waals surface area contributed by atoms with Gasteiger partial charge in [-0.1, -0.05) is 6.07 Å². The number of hydrogen-bond acceptors (Lipinski definition) is 4. The van der Waals surface area contributed by atoms with E-state index < -0.39 is 0 Å². The van der Waals surface area contributed by atoms with Gasteiger partial charge >= 0.3 is 5.97 Å². The van der Waals surface area contributed by atoms with E-state index in [4.69, 9.17) is 4.74 Å². The summed E-state index contributed by atoms with van der Waals surface area (Å²) in [6.07, 6.45) is 3.87. The number of nitriles is 1.